The van der Waals surface area contributed by atoms with Crippen LogP contribution in [0.3, 0.4) is 0 Å². The van der Waals surface area contributed by atoms with E-state index in [2.05, 4.69) is 22.0 Å². The SMILES string of the molecule is CCC1CCC(N)(c2noc(-c3cncs3)n2)CC1. The molecule has 0 atom stereocenters. The standard InChI is InChI=1S/C13H18N4OS/c1-2-9-3-5-13(14,6-4-9)12-16-11(18-17-12)10-7-15-8-19-10/h7-9H,2-6,14H2,1H3. The number of hydrogen-bond acceptors (Lipinski definition) is 6. The first-order valence-corrected chi connectivity index (χ1v) is 7.61. The van der Waals surface area contributed by atoms with Crippen LogP contribution < -0.4 is 5.73 Å². The van der Waals surface area contributed by atoms with E-state index in [0.29, 0.717) is 11.7 Å². The maximum Gasteiger partial charge on any atom is 0.269 e. The first-order chi connectivity index (χ1) is 9.21. The normalized spacial score (nSPS) is 27.6. The monoisotopic (exact) mass is 278 g/mol. The Morgan fingerprint density at radius 1 is 1.47 bits per heavy atom. The van der Waals surface area contributed by atoms with Gasteiger partial charge in [-0.1, -0.05) is 18.5 Å². The van der Waals surface area contributed by atoms with Crippen molar-refractivity contribution >= 4 is 11.3 Å². The molecule has 0 unspecified atom stereocenters. The fourth-order valence-corrected chi connectivity index (χ4v) is 3.21. The summed E-state index contributed by atoms with van der Waals surface area (Å²) in [6.45, 7) is 2.24. The van der Waals surface area contributed by atoms with E-state index in [1.165, 1.54) is 17.8 Å². The molecular weight excluding hydrogens is 260 g/mol. The average Bonchev–Trinajstić information content (AvgIpc) is 3.10. The number of hydrogen-bond donors (Lipinski definition) is 1. The topological polar surface area (TPSA) is 77.8 Å². The van der Waals surface area contributed by atoms with Gasteiger partial charge in [0.2, 0.25) is 0 Å². The maximum absolute atomic E-state index is 6.47. The maximum atomic E-state index is 6.47. The van der Waals surface area contributed by atoms with Crippen molar-refractivity contribution in [3.63, 3.8) is 0 Å². The van der Waals surface area contributed by atoms with Gasteiger partial charge in [0.15, 0.2) is 5.82 Å². The molecule has 3 rings (SSSR count). The zero-order chi connectivity index (χ0) is 13.3. The lowest BCUT2D eigenvalue weighted by atomic mass is 9.76. The van der Waals surface area contributed by atoms with Crippen LogP contribution in [0.2, 0.25) is 0 Å². The highest BCUT2D eigenvalue weighted by atomic mass is 32.1. The van der Waals surface area contributed by atoms with Gasteiger partial charge in [-0.25, -0.2) is 0 Å². The molecule has 1 fully saturated rings. The quantitative estimate of drug-likeness (QED) is 0.934. The summed E-state index contributed by atoms with van der Waals surface area (Å²) in [4.78, 5) is 9.38. The summed E-state index contributed by atoms with van der Waals surface area (Å²) in [7, 11) is 0. The van der Waals surface area contributed by atoms with Gasteiger partial charge in [0.05, 0.1) is 17.2 Å². The molecule has 0 spiro atoms. The first-order valence-electron chi connectivity index (χ1n) is 6.73. The van der Waals surface area contributed by atoms with Gasteiger partial charge in [-0.2, -0.15) is 4.98 Å². The van der Waals surface area contributed by atoms with Crippen LogP contribution >= 0.6 is 11.3 Å². The molecule has 0 aromatic carbocycles. The third-order valence-electron chi connectivity index (χ3n) is 4.09. The van der Waals surface area contributed by atoms with E-state index in [-0.39, 0.29) is 0 Å². The Bertz CT molecular complexity index is 529. The minimum Gasteiger partial charge on any atom is -0.333 e. The van der Waals surface area contributed by atoms with Crippen molar-refractivity contribution in [2.75, 3.05) is 0 Å². The van der Waals surface area contributed by atoms with E-state index in [9.17, 15) is 0 Å². The van der Waals surface area contributed by atoms with Crippen LogP contribution in [-0.4, -0.2) is 15.1 Å². The molecule has 0 bridgehead atoms. The van der Waals surface area contributed by atoms with Gasteiger partial charge in [0, 0.05) is 0 Å². The van der Waals surface area contributed by atoms with Crippen molar-refractivity contribution < 1.29 is 4.52 Å². The van der Waals surface area contributed by atoms with Crippen molar-refractivity contribution in [1.82, 2.24) is 15.1 Å². The molecule has 2 N–H and O–H groups in total. The first kappa shape index (κ1) is 12.7. The lowest BCUT2D eigenvalue weighted by Gasteiger charge is -2.34. The van der Waals surface area contributed by atoms with E-state index < -0.39 is 5.54 Å². The minimum absolute atomic E-state index is 0.419. The molecule has 19 heavy (non-hydrogen) atoms. The Morgan fingerprint density at radius 3 is 2.89 bits per heavy atom. The van der Waals surface area contributed by atoms with E-state index in [0.717, 1.165) is 36.5 Å². The summed E-state index contributed by atoms with van der Waals surface area (Å²) in [5, 5.41) is 4.09. The highest BCUT2D eigenvalue weighted by molar-refractivity contribution is 7.13. The van der Waals surface area contributed by atoms with Gasteiger partial charge < -0.3 is 10.3 Å². The van der Waals surface area contributed by atoms with Gasteiger partial charge in [-0.05, 0) is 31.6 Å². The van der Waals surface area contributed by atoms with Crippen LogP contribution in [-0.2, 0) is 5.54 Å². The molecule has 0 radical (unpaired) electrons. The fourth-order valence-electron chi connectivity index (χ4n) is 2.67. The lowest BCUT2D eigenvalue weighted by Crippen LogP contribution is -2.41. The summed E-state index contributed by atoms with van der Waals surface area (Å²) in [5.41, 5.74) is 7.80. The fraction of sp³-hybridized carbons (Fsp3) is 0.615. The Kier molecular flexibility index (Phi) is 3.36. The molecule has 0 saturated heterocycles. The van der Waals surface area contributed by atoms with Crippen LogP contribution in [0.5, 0.6) is 0 Å². The zero-order valence-electron chi connectivity index (χ0n) is 11.0. The predicted molar refractivity (Wildman–Crippen MR) is 73.5 cm³/mol. The second kappa shape index (κ2) is 5.02. The summed E-state index contributed by atoms with van der Waals surface area (Å²) >= 11 is 1.49. The Hall–Kier alpha value is -1.27. The summed E-state index contributed by atoms with van der Waals surface area (Å²) in [5.74, 6) is 1.97. The molecule has 2 aromatic heterocycles. The van der Waals surface area contributed by atoms with Crippen LogP contribution in [0.15, 0.2) is 16.2 Å². The second-order valence-electron chi connectivity index (χ2n) is 5.30. The van der Waals surface area contributed by atoms with E-state index in [1.54, 1.807) is 11.7 Å². The van der Waals surface area contributed by atoms with E-state index >= 15 is 0 Å². The average molecular weight is 278 g/mol. The number of rotatable bonds is 3. The van der Waals surface area contributed by atoms with Crippen LogP contribution in [0.25, 0.3) is 10.8 Å². The van der Waals surface area contributed by atoms with Crippen molar-refractivity contribution in [3.05, 3.63) is 17.5 Å². The van der Waals surface area contributed by atoms with Gasteiger partial charge in [0.25, 0.3) is 5.89 Å². The van der Waals surface area contributed by atoms with E-state index in [4.69, 9.17) is 10.3 Å². The Morgan fingerprint density at radius 2 is 2.26 bits per heavy atom. The Labute approximate surface area is 116 Å². The van der Waals surface area contributed by atoms with Crippen molar-refractivity contribution in [2.24, 2.45) is 11.7 Å². The molecule has 1 saturated carbocycles. The third-order valence-corrected chi connectivity index (χ3v) is 4.85. The molecule has 0 amide bonds. The number of nitrogens with zero attached hydrogens (tertiary/aromatic N) is 3. The van der Waals surface area contributed by atoms with Crippen molar-refractivity contribution in [3.8, 4) is 10.8 Å². The van der Waals surface area contributed by atoms with Gasteiger partial charge in [-0.15, -0.1) is 11.3 Å². The molecule has 2 aromatic rings. The van der Waals surface area contributed by atoms with E-state index in [1.807, 2.05) is 0 Å². The predicted octanol–water partition coefficient (Wildman–Crippen LogP) is 2.95. The van der Waals surface area contributed by atoms with Gasteiger partial charge in [-0.3, -0.25) is 4.98 Å². The molecule has 6 heteroatoms. The van der Waals surface area contributed by atoms with Crippen molar-refractivity contribution in [1.29, 1.82) is 0 Å². The molecule has 2 heterocycles. The van der Waals surface area contributed by atoms with Gasteiger partial charge >= 0.3 is 0 Å². The molecule has 1 aliphatic carbocycles. The van der Waals surface area contributed by atoms with Crippen LogP contribution in [0, 0.1) is 5.92 Å². The highest BCUT2D eigenvalue weighted by Gasteiger charge is 2.37. The smallest absolute Gasteiger partial charge is 0.269 e. The number of nitrogens with two attached hydrogens (primary N) is 1. The van der Waals surface area contributed by atoms with Crippen molar-refractivity contribution in [2.45, 2.75) is 44.6 Å². The molecule has 1 aliphatic rings. The molecule has 0 aliphatic heterocycles. The summed E-state index contributed by atoms with van der Waals surface area (Å²) in [6.07, 6.45) is 7.14. The Balaban J connectivity index is 1.79. The summed E-state index contributed by atoms with van der Waals surface area (Å²) < 4.78 is 5.31. The summed E-state index contributed by atoms with van der Waals surface area (Å²) in [6, 6.07) is 0. The second-order valence-corrected chi connectivity index (χ2v) is 6.18. The lowest BCUT2D eigenvalue weighted by molar-refractivity contribution is 0.216. The van der Waals surface area contributed by atoms with Crippen LogP contribution in [0.4, 0.5) is 0 Å². The molecule has 5 nitrogen and oxygen atoms in total. The number of aromatic nitrogens is 3. The largest absolute Gasteiger partial charge is 0.333 e. The third kappa shape index (κ3) is 2.42. The van der Waals surface area contributed by atoms with Crippen LogP contribution in [0.1, 0.15) is 44.9 Å². The zero-order valence-corrected chi connectivity index (χ0v) is 11.8. The highest BCUT2D eigenvalue weighted by Crippen LogP contribution is 2.38. The number of thiazole rings is 1. The molecular formula is C13H18N4OS. The molecule has 102 valence electrons. The minimum atomic E-state index is -0.419. The van der Waals surface area contributed by atoms with Gasteiger partial charge in [0.1, 0.15) is 4.88 Å².